The third kappa shape index (κ3) is 5.40. The van der Waals surface area contributed by atoms with Crippen LogP contribution in [0.15, 0.2) is 70.3 Å². The van der Waals surface area contributed by atoms with Crippen LogP contribution in [0.3, 0.4) is 0 Å². The lowest BCUT2D eigenvalue weighted by Crippen LogP contribution is -2.41. The van der Waals surface area contributed by atoms with E-state index in [0.29, 0.717) is 12.0 Å². The van der Waals surface area contributed by atoms with Gasteiger partial charge in [-0.2, -0.15) is 0 Å². The number of hydrogen-bond donors (Lipinski definition) is 2. The zero-order chi connectivity index (χ0) is 23.1. The molecule has 0 aliphatic carbocycles. The molecule has 0 bridgehead atoms. The number of nitrogen functional groups attached to an aromatic ring is 1. The quantitative estimate of drug-likeness (QED) is 0.530. The topological polar surface area (TPSA) is 101 Å². The Bertz CT molecular complexity index is 1210. The summed E-state index contributed by atoms with van der Waals surface area (Å²) in [5.41, 5.74) is 6.26. The number of carbonyl (C=O) groups excluding carboxylic acids is 1. The van der Waals surface area contributed by atoms with Crippen LogP contribution in [-0.2, 0) is 11.3 Å². The Morgan fingerprint density at radius 1 is 1.12 bits per heavy atom. The van der Waals surface area contributed by atoms with E-state index in [1.54, 1.807) is 0 Å². The normalized spacial score (nSPS) is 11.1. The maximum absolute atomic E-state index is 13.1. The van der Waals surface area contributed by atoms with Gasteiger partial charge in [0.2, 0.25) is 0 Å². The van der Waals surface area contributed by atoms with Gasteiger partial charge in [-0.05, 0) is 35.8 Å². The van der Waals surface area contributed by atoms with Crippen LogP contribution < -0.4 is 21.9 Å². The van der Waals surface area contributed by atoms with E-state index in [1.807, 2.05) is 37.3 Å². The number of nitrogens with two attached hydrogens (primary N) is 1. The lowest BCUT2D eigenvalue weighted by Gasteiger charge is -2.23. The molecule has 7 nitrogen and oxygen atoms in total. The summed E-state index contributed by atoms with van der Waals surface area (Å²) in [5, 5.41) is 0. The highest BCUT2D eigenvalue weighted by Gasteiger charge is 2.22. The van der Waals surface area contributed by atoms with E-state index in [4.69, 9.17) is 5.73 Å². The Morgan fingerprint density at radius 3 is 2.47 bits per heavy atom. The van der Waals surface area contributed by atoms with Crippen LogP contribution in [0.5, 0.6) is 0 Å². The fourth-order valence-corrected chi connectivity index (χ4v) is 3.24. The first-order valence-electron chi connectivity index (χ1n) is 10.3. The van der Waals surface area contributed by atoms with Crippen LogP contribution in [0, 0.1) is 5.82 Å². The Hall–Kier alpha value is -3.94. The van der Waals surface area contributed by atoms with Crippen LogP contribution in [0.2, 0.25) is 0 Å². The van der Waals surface area contributed by atoms with Crippen molar-refractivity contribution in [2.75, 3.05) is 17.2 Å². The Morgan fingerprint density at radius 2 is 1.81 bits per heavy atom. The minimum Gasteiger partial charge on any atom is -0.383 e. The summed E-state index contributed by atoms with van der Waals surface area (Å²) in [6.07, 6.45) is 4.25. The number of unbranched alkanes of at least 4 members (excludes halogenated alkanes) is 1. The number of carbonyl (C=O) groups is 1. The molecule has 166 valence electrons. The lowest BCUT2D eigenvalue weighted by molar-refractivity contribution is -0.114. The Kier molecular flexibility index (Phi) is 7.38. The molecule has 1 aromatic heterocycles. The zero-order valence-corrected chi connectivity index (χ0v) is 17.8. The van der Waals surface area contributed by atoms with Crippen LogP contribution in [0.1, 0.15) is 30.9 Å². The number of rotatable bonds is 8. The molecule has 0 saturated heterocycles. The highest BCUT2D eigenvalue weighted by Crippen LogP contribution is 2.19. The fourth-order valence-electron chi connectivity index (χ4n) is 3.24. The molecule has 1 heterocycles. The van der Waals surface area contributed by atoms with Crippen LogP contribution in [0.4, 0.5) is 15.9 Å². The molecule has 3 aromatic rings. The fraction of sp³-hybridized carbons (Fsp3) is 0.208. The van der Waals surface area contributed by atoms with E-state index >= 15 is 0 Å². The number of nitrogens with one attached hydrogen (secondary N) is 1. The molecule has 0 aliphatic heterocycles. The van der Waals surface area contributed by atoms with E-state index in [-0.39, 0.29) is 30.4 Å². The summed E-state index contributed by atoms with van der Waals surface area (Å²) in [5.74, 6) is -0.926. The Balaban J connectivity index is 2.00. The van der Waals surface area contributed by atoms with Crippen molar-refractivity contribution >= 4 is 23.5 Å². The van der Waals surface area contributed by atoms with Crippen LogP contribution in [0.25, 0.3) is 6.08 Å². The monoisotopic (exact) mass is 436 g/mol. The van der Waals surface area contributed by atoms with E-state index in [9.17, 15) is 18.8 Å². The molecule has 0 fully saturated rings. The van der Waals surface area contributed by atoms with Crippen molar-refractivity contribution in [3.63, 3.8) is 0 Å². The average molecular weight is 436 g/mol. The summed E-state index contributed by atoms with van der Waals surface area (Å²) in [4.78, 5) is 41.7. The Labute approximate surface area is 184 Å². The van der Waals surface area contributed by atoms with Crippen molar-refractivity contribution in [2.45, 2.75) is 26.3 Å². The number of halogens is 1. The number of aromatic amines is 1. The van der Waals surface area contributed by atoms with Gasteiger partial charge in [0.05, 0.1) is 6.54 Å². The molecule has 0 atom stereocenters. The summed E-state index contributed by atoms with van der Waals surface area (Å²) in [7, 11) is 0. The van der Waals surface area contributed by atoms with Crippen LogP contribution in [-0.4, -0.2) is 22.0 Å². The highest BCUT2D eigenvalue weighted by atomic mass is 19.1. The van der Waals surface area contributed by atoms with E-state index in [0.717, 1.165) is 12.0 Å². The first kappa shape index (κ1) is 22.7. The van der Waals surface area contributed by atoms with Crippen molar-refractivity contribution < 1.29 is 9.18 Å². The van der Waals surface area contributed by atoms with Crippen molar-refractivity contribution in [2.24, 2.45) is 0 Å². The van der Waals surface area contributed by atoms with E-state index < -0.39 is 17.2 Å². The van der Waals surface area contributed by atoms with E-state index in [1.165, 1.54) is 45.9 Å². The molecule has 3 N–H and O–H groups in total. The highest BCUT2D eigenvalue weighted by molar-refractivity contribution is 6.05. The minimum atomic E-state index is -0.726. The summed E-state index contributed by atoms with van der Waals surface area (Å²) >= 11 is 0. The molecule has 1 amide bonds. The number of aromatic nitrogens is 2. The largest absolute Gasteiger partial charge is 0.383 e. The maximum Gasteiger partial charge on any atom is 0.330 e. The molecule has 0 unspecified atom stereocenters. The molecule has 0 radical (unpaired) electrons. The molecule has 3 rings (SSSR count). The molecule has 32 heavy (non-hydrogen) atoms. The van der Waals surface area contributed by atoms with Gasteiger partial charge in [0.25, 0.3) is 11.5 Å². The van der Waals surface area contributed by atoms with Gasteiger partial charge in [-0.1, -0.05) is 55.8 Å². The molecule has 0 spiro atoms. The van der Waals surface area contributed by atoms with Crippen molar-refractivity contribution in [1.82, 2.24) is 9.55 Å². The second-order valence-electron chi connectivity index (χ2n) is 7.29. The van der Waals surface area contributed by atoms with Gasteiger partial charge < -0.3 is 10.6 Å². The van der Waals surface area contributed by atoms with Gasteiger partial charge in [0.15, 0.2) is 5.69 Å². The smallest absolute Gasteiger partial charge is 0.330 e. The van der Waals surface area contributed by atoms with Crippen molar-refractivity contribution in [3.05, 3.63) is 98.5 Å². The third-order valence-electron chi connectivity index (χ3n) is 4.96. The van der Waals surface area contributed by atoms with Gasteiger partial charge in [0.1, 0.15) is 11.6 Å². The molecule has 2 aromatic carbocycles. The predicted molar refractivity (Wildman–Crippen MR) is 124 cm³/mol. The van der Waals surface area contributed by atoms with Gasteiger partial charge in [-0.3, -0.25) is 19.1 Å². The van der Waals surface area contributed by atoms with E-state index in [2.05, 4.69) is 4.98 Å². The SMILES string of the molecule is CCCCN(C(=O)/C=C/c1ccc(F)cc1)c1c(N)n(Cc2ccccc2)c(=O)[nH]c1=O. The van der Waals surface area contributed by atoms with Crippen molar-refractivity contribution in [1.29, 1.82) is 0 Å². The third-order valence-corrected chi connectivity index (χ3v) is 4.96. The second kappa shape index (κ2) is 10.4. The maximum atomic E-state index is 13.1. The predicted octanol–water partition coefficient (Wildman–Crippen LogP) is 3.15. The standard InChI is InChI=1S/C24H25FN4O3/c1-2-3-15-28(20(30)14-11-17-9-12-19(25)13-10-17)21-22(26)29(24(32)27-23(21)31)16-18-7-5-4-6-8-18/h4-14H,2-3,15-16,26H2,1H3,(H,27,31,32)/b14-11+. The zero-order valence-electron chi connectivity index (χ0n) is 17.8. The van der Waals surface area contributed by atoms with Gasteiger partial charge >= 0.3 is 5.69 Å². The first-order chi connectivity index (χ1) is 15.4. The first-order valence-corrected chi connectivity index (χ1v) is 10.3. The minimum absolute atomic E-state index is 0.0669. The van der Waals surface area contributed by atoms with Gasteiger partial charge in [-0.15, -0.1) is 0 Å². The number of anilines is 2. The summed E-state index contributed by atoms with van der Waals surface area (Å²) < 4.78 is 14.3. The molecular weight excluding hydrogens is 411 g/mol. The number of hydrogen-bond acceptors (Lipinski definition) is 4. The number of nitrogens with zero attached hydrogens (tertiary/aromatic N) is 2. The van der Waals surface area contributed by atoms with Crippen molar-refractivity contribution in [3.8, 4) is 0 Å². The summed E-state index contributed by atoms with van der Waals surface area (Å²) in [6.45, 7) is 2.36. The average Bonchev–Trinajstić information content (AvgIpc) is 2.79. The number of benzene rings is 2. The molecular formula is C24H25FN4O3. The van der Waals surface area contributed by atoms with Gasteiger partial charge in [-0.25, -0.2) is 9.18 Å². The number of H-pyrrole nitrogens is 1. The molecule has 0 saturated carbocycles. The van der Waals surface area contributed by atoms with Gasteiger partial charge in [0, 0.05) is 12.6 Å². The number of amides is 1. The lowest BCUT2D eigenvalue weighted by atomic mass is 10.2. The van der Waals surface area contributed by atoms with Crippen LogP contribution >= 0.6 is 0 Å². The molecule has 8 heteroatoms. The molecule has 0 aliphatic rings. The second-order valence-corrected chi connectivity index (χ2v) is 7.29. The summed E-state index contributed by atoms with van der Waals surface area (Å²) in [6, 6.07) is 14.9.